The molecule has 1 unspecified atom stereocenters. The predicted octanol–water partition coefficient (Wildman–Crippen LogP) is 5.69. The van der Waals surface area contributed by atoms with Crippen molar-refractivity contribution in [2.24, 2.45) is 0 Å². The van der Waals surface area contributed by atoms with Gasteiger partial charge in [-0.1, -0.05) is 37.9 Å². The normalized spacial score (nSPS) is 12.3. The van der Waals surface area contributed by atoms with Crippen LogP contribution in [0.3, 0.4) is 0 Å². The molecule has 5 heteroatoms. The van der Waals surface area contributed by atoms with E-state index in [4.69, 9.17) is 16.3 Å². The van der Waals surface area contributed by atoms with Crippen LogP contribution in [0.15, 0.2) is 45.3 Å². The summed E-state index contributed by atoms with van der Waals surface area (Å²) in [5, 5.41) is -0.636. The van der Waals surface area contributed by atoms with Gasteiger partial charge in [-0.2, -0.15) is 0 Å². The molecule has 0 aliphatic carbocycles. The van der Waals surface area contributed by atoms with Gasteiger partial charge in [-0.25, -0.2) is 4.39 Å². The fraction of sp³-hybridized carbons (Fsp3) is 0.143. The SMILES string of the molecule is COc1cccc(F)c1C(Cl)c1cc(Br)ccc1Br. The van der Waals surface area contributed by atoms with Crippen molar-refractivity contribution in [1.82, 2.24) is 0 Å². The number of methoxy groups -OCH3 is 1. The van der Waals surface area contributed by atoms with E-state index in [9.17, 15) is 4.39 Å². The largest absolute Gasteiger partial charge is 0.496 e. The van der Waals surface area contributed by atoms with Gasteiger partial charge in [0.2, 0.25) is 0 Å². The van der Waals surface area contributed by atoms with Crippen molar-refractivity contribution >= 4 is 43.5 Å². The highest BCUT2D eigenvalue weighted by atomic mass is 79.9. The molecule has 0 saturated heterocycles. The Bertz CT molecular complexity index is 604. The summed E-state index contributed by atoms with van der Waals surface area (Å²) in [5.74, 6) is 0.0538. The molecule has 2 aromatic carbocycles. The van der Waals surface area contributed by atoms with Crippen LogP contribution in [0, 0.1) is 5.82 Å². The molecular formula is C14H10Br2ClFO. The van der Waals surface area contributed by atoms with Gasteiger partial charge in [0.1, 0.15) is 11.6 Å². The smallest absolute Gasteiger partial charge is 0.131 e. The van der Waals surface area contributed by atoms with E-state index >= 15 is 0 Å². The third kappa shape index (κ3) is 3.12. The zero-order chi connectivity index (χ0) is 14.0. The molecule has 19 heavy (non-hydrogen) atoms. The molecule has 0 aliphatic rings. The Morgan fingerprint density at radius 1 is 1.21 bits per heavy atom. The van der Waals surface area contributed by atoms with Crippen molar-refractivity contribution in [2.45, 2.75) is 5.38 Å². The molecule has 0 radical (unpaired) electrons. The summed E-state index contributed by atoms with van der Waals surface area (Å²) in [7, 11) is 1.50. The molecule has 1 nitrogen and oxygen atoms in total. The Morgan fingerprint density at radius 2 is 1.95 bits per heavy atom. The molecule has 1 atom stereocenters. The summed E-state index contributed by atoms with van der Waals surface area (Å²) in [6.07, 6.45) is 0. The lowest BCUT2D eigenvalue weighted by atomic mass is 10.0. The van der Waals surface area contributed by atoms with Crippen molar-refractivity contribution in [3.05, 3.63) is 62.3 Å². The average molecular weight is 408 g/mol. The standard InChI is InChI=1S/C14H10Br2ClFO/c1-19-12-4-2-3-11(18)13(12)14(17)9-7-8(15)5-6-10(9)16/h2-7,14H,1H3. The Labute approximate surface area is 133 Å². The molecule has 0 N–H and O–H groups in total. The molecule has 2 aromatic rings. The molecule has 0 bridgehead atoms. The molecule has 0 amide bonds. The van der Waals surface area contributed by atoms with Crippen LogP contribution in [0.4, 0.5) is 4.39 Å². The number of ether oxygens (including phenoxy) is 1. The fourth-order valence-corrected chi connectivity index (χ4v) is 3.18. The maximum Gasteiger partial charge on any atom is 0.131 e. The van der Waals surface area contributed by atoms with Crippen molar-refractivity contribution in [2.75, 3.05) is 7.11 Å². The van der Waals surface area contributed by atoms with Gasteiger partial charge in [0.15, 0.2) is 0 Å². The molecule has 0 heterocycles. The van der Waals surface area contributed by atoms with Gasteiger partial charge in [0.05, 0.1) is 18.1 Å². The van der Waals surface area contributed by atoms with E-state index < -0.39 is 5.38 Å². The maximum atomic E-state index is 14.0. The lowest BCUT2D eigenvalue weighted by Crippen LogP contribution is -2.01. The fourth-order valence-electron chi connectivity index (χ4n) is 1.81. The number of hydrogen-bond acceptors (Lipinski definition) is 1. The number of alkyl halides is 1. The minimum absolute atomic E-state index is 0.338. The summed E-state index contributed by atoms with van der Waals surface area (Å²) >= 11 is 13.2. The Morgan fingerprint density at radius 3 is 2.63 bits per heavy atom. The van der Waals surface area contributed by atoms with E-state index in [1.165, 1.54) is 13.2 Å². The summed E-state index contributed by atoms with van der Waals surface area (Å²) in [6, 6.07) is 10.3. The third-order valence-corrected chi connectivity index (χ3v) is 4.39. The van der Waals surface area contributed by atoms with Gasteiger partial charge in [-0.05, 0) is 35.9 Å². The highest BCUT2D eigenvalue weighted by molar-refractivity contribution is 9.11. The van der Waals surface area contributed by atoms with Crippen LogP contribution < -0.4 is 4.74 Å². The molecule has 100 valence electrons. The average Bonchev–Trinajstić information content (AvgIpc) is 2.40. The van der Waals surface area contributed by atoms with Gasteiger partial charge in [0, 0.05) is 8.95 Å². The second kappa shape index (κ2) is 6.25. The second-order valence-corrected chi connectivity index (χ2v) is 6.09. The van der Waals surface area contributed by atoms with E-state index in [2.05, 4.69) is 31.9 Å². The van der Waals surface area contributed by atoms with Gasteiger partial charge in [-0.3, -0.25) is 0 Å². The summed E-state index contributed by atoms with van der Waals surface area (Å²) in [4.78, 5) is 0. The molecule has 0 fully saturated rings. The van der Waals surface area contributed by atoms with E-state index in [1.807, 2.05) is 18.2 Å². The van der Waals surface area contributed by atoms with Crippen LogP contribution in [-0.4, -0.2) is 7.11 Å². The van der Waals surface area contributed by atoms with Crippen molar-refractivity contribution in [3.63, 3.8) is 0 Å². The van der Waals surface area contributed by atoms with Crippen LogP contribution in [0.2, 0.25) is 0 Å². The van der Waals surface area contributed by atoms with Crippen LogP contribution >= 0.6 is 43.5 Å². The van der Waals surface area contributed by atoms with E-state index in [1.54, 1.807) is 12.1 Å². The van der Waals surface area contributed by atoms with Crippen LogP contribution in [0.1, 0.15) is 16.5 Å². The zero-order valence-corrected chi connectivity index (χ0v) is 13.9. The first kappa shape index (κ1) is 14.8. The molecule has 2 rings (SSSR count). The monoisotopic (exact) mass is 406 g/mol. The van der Waals surface area contributed by atoms with E-state index in [0.29, 0.717) is 11.3 Å². The molecule has 0 saturated carbocycles. The number of halogens is 4. The minimum Gasteiger partial charge on any atom is -0.496 e. The Balaban J connectivity index is 2.55. The lowest BCUT2D eigenvalue weighted by molar-refractivity contribution is 0.405. The molecule has 0 spiro atoms. The van der Waals surface area contributed by atoms with E-state index in [0.717, 1.165) is 14.5 Å². The molecule has 0 aromatic heterocycles. The van der Waals surface area contributed by atoms with Crippen LogP contribution in [-0.2, 0) is 0 Å². The quantitative estimate of drug-likeness (QED) is 0.593. The van der Waals surface area contributed by atoms with E-state index in [-0.39, 0.29) is 5.82 Å². The van der Waals surface area contributed by atoms with Crippen molar-refractivity contribution in [3.8, 4) is 5.75 Å². The first-order chi connectivity index (χ1) is 9.04. The lowest BCUT2D eigenvalue weighted by Gasteiger charge is -2.16. The van der Waals surface area contributed by atoms with Gasteiger partial charge < -0.3 is 4.74 Å². The zero-order valence-electron chi connectivity index (χ0n) is 9.96. The van der Waals surface area contributed by atoms with Crippen LogP contribution in [0.5, 0.6) is 5.75 Å². The highest BCUT2D eigenvalue weighted by Gasteiger charge is 2.22. The summed E-state index contributed by atoms with van der Waals surface area (Å²) in [6.45, 7) is 0. The summed E-state index contributed by atoms with van der Waals surface area (Å²) in [5.41, 5.74) is 1.12. The minimum atomic E-state index is -0.636. The first-order valence-electron chi connectivity index (χ1n) is 5.46. The number of benzene rings is 2. The summed E-state index contributed by atoms with van der Waals surface area (Å²) < 4.78 is 20.9. The van der Waals surface area contributed by atoms with Gasteiger partial charge in [0.25, 0.3) is 0 Å². The maximum absolute atomic E-state index is 14.0. The van der Waals surface area contributed by atoms with Crippen molar-refractivity contribution < 1.29 is 9.13 Å². The third-order valence-electron chi connectivity index (χ3n) is 2.72. The highest BCUT2D eigenvalue weighted by Crippen LogP contribution is 2.40. The Hall–Kier alpha value is -0.580. The molecular weight excluding hydrogens is 398 g/mol. The number of hydrogen-bond donors (Lipinski definition) is 0. The van der Waals surface area contributed by atoms with Gasteiger partial charge in [-0.15, -0.1) is 11.6 Å². The molecule has 0 aliphatic heterocycles. The first-order valence-corrected chi connectivity index (χ1v) is 7.48. The topological polar surface area (TPSA) is 9.23 Å². The number of rotatable bonds is 3. The predicted molar refractivity (Wildman–Crippen MR) is 82.5 cm³/mol. The second-order valence-electron chi connectivity index (χ2n) is 3.88. The van der Waals surface area contributed by atoms with Crippen molar-refractivity contribution in [1.29, 1.82) is 0 Å². The Kier molecular flexibility index (Phi) is 4.87. The van der Waals surface area contributed by atoms with Crippen LogP contribution in [0.25, 0.3) is 0 Å². The van der Waals surface area contributed by atoms with Gasteiger partial charge >= 0.3 is 0 Å².